The first-order valence-corrected chi connectivity index (χ1v) is 18.3. The Morgan fingerprint density at radius 3 is 1.71 bits per heavy atom. The van der Waals surface area contributed by atoms with Crippen molar-refractivity contribution in [2.75, 3.05) is 13.2 Å². The number of Topliss-reactive ketones (excluding diaryl/α,β-unsaturated/α-hetero) is 1. The average molecular weight is 767 g/mol. The van der Waals surface area contributed by atoms with Crippen LogP contribution in [0.15, 0.2) is 133 Å². The average Bonchev–Trinajstić information content (AvgIpc) is 3.57. The van der Waals surface area contributed by atoms with Crippen molar-refractivity contribution < 1.29 is 53.6 Å². The first kappa shape index (κ1) is 43.1. The number of esters is 2. The van der Waals surface area contributed by atoms with E-state index in [1.165, 1.54) is 0 Å². The molecule has 0 aliphatic carbocycles. The summed E-state index contributed by atoms with van der Waals surface area (Å²) in [6.07, 6.45) is 0. The van der Waals surface area contributed by atoms with Crippen molar-refractivity contribution in [3.63, 3.8) is 0 Å². The molecule has 1 atom stereocenters. The molecule has 0 saturated carbocycles. The fraction of sp³-hybridized carbons (Fsp3) is 0.200. The number of rotatable bonds is 14. The summed E-state index contributed by atoms with van der Waals surface area (Å²) in [5.41, 5.74) is 5.98. The normalized spacial score (nSPS) is 10.9. The summed E-state index contributed by atoms with van der Waals surface area (Å²) in [6.45, 7) is 8.41. The minimum absolute atomic E-state index is 0. The molecule has 1 heterocycles. The molecule has 0 fully saturated rings. The van der Waals surface area contributed by atoms with Crippen molar-refractivity contribution in [1.29, 1.82) is 0 Å². The minimum atomic E-state index is -0.800. The first-order chi connectivity index (χ1) is 26.7. The summed E-state index contributed by atoms with van der Waals surface area (Å²) in [7, 11) is 0. The van der Waals surface area contributed by atoms with Gasteiger partial charge >= 0.3 is 30.8 Å². The van der Waals surface area contributed by atoms with E-state index in [2.05, 4.69) is 5.10 Å². The number of benzene rings is 5. The van der Waals surface area contributed by atoms with Gasteiger partial charge in [0.1, 0.15) is 30.6 Å². The summed E-state index contributed by atoms with van der Waals surface area (Å²) in [5, 5.41) is 5.10. The van der Waals surface area contributed by atoms with E-state index in [0.717, 1.165) is 33.7 Å². The molecule has 284 valence electrons. The Labute approximate surface area is 346 Å². The third kappa shape index (κ3) is 11.5. The maximum Gasteiger partial charge on any atom is 1.00 e. The topological polar surface area (TPSA) is 106 Å². The molecule has 0 aliphatic heterocycles. The van der Waals surface area contributed by atoms with Crippen LogP contribution in [0.25, 0.3) is 16.9 Å². The van der Waals surface area contributed by atoms with E-state index >= 15 is 0 Å². The number of hydrogen-bond donors (Lipinski definition) is 0. The van der Waals surface area contributed by atoms with Gasteiger partial charge in [0, 0.05) is 16.7 Å². The third-order valence-electron chi connectivity index (χ3n) is 8.47. The van der Waals surface area contributed by atoms with Crippen molar-refractivity contribution in [1.82, 2.24) is 9.78 Å². The maximum absolute atomic E-state index is 12.5. The Bertz CT molecular complexity index is 2180. The van der Waals surface area contributed by atoms with Crippen molar-refractivity contribution in [3.05, 3.63) is 166 Å². The first-order valence-electron chi connectivity index (χ1n) is 18.0. The molecule has 0 spiro atoms. The summed E-state index contributed by atoms with van der Waals surface area (Å²) >= 11 is 6.45. The third-order valence-corrected chi connectivity index (χ3v) is 8.79. The second kappa shape index (κ2) is 21.5. The molecule has 56 heavy (non-hydrogen) atoms. The summed E-state index contributed by atoms with van der Waals surface area (Å²) < 4.78 is 23.4. The molecule has 6 aromatic rings. The summed E-state index contributed by atoms with van der Waals surface area (Å²) in [4.78, 5) is 36.3. The molecule has 0 radical (unpaired) electrons. The molecule has 1 aromatic heterocycles. The van der Waals surface area contributed by atoms with Gasteiger partial charge in [0.05, 0.1) is 29.6 Å². The van der Waals surface area contributed by atoms with Crippen molar-refractivity contribution >= 4 is 29.3 Å². The number of hydrogen-bond acceptors (Lipinski definition) is 8. The van der Waals surface area contributed by atoms with E-state index in [1.54, 1.807) is 55.8 Å². The van der Waals surface area contributed by atoms with Crippen LogP contribution >= 0.6 is 11.6 Å². The van der Waals surface area contributed by atoms with Crippen molar-refractivity contribution in [3.8, 4) is 28.4 Å². The number of para-hydroxylation sites is 1. The van der Waals surface area contributed by atoms with E-state index in [0.29, 0.717) is 35.2 Å². The Morgan fingerprint density at radius 2 is 1.20 bits per heavy atom. The maximum atomic E-state index is 12.5. The molecule has 0 amide bonds. The van der Waals surface area contributed by atoms with Crippen LogP contribution in [0.2, 0.25) is 5.02 Å². The number of nitrogens with zero attached hydrogens (tertiary/aromatic N) is 2. The number of ether oxygens (including phenoxy) is 4. The number of ketones is 1. The van der Waals surface area contributed by atoms with Gasteiger partial charge in [-0.3, -0.25) is 9.59 Å². The van der Waals surface area contributed by atoms with Crippen LogP contribution in [0.5, 0.6) is 11.5 Å². The Kier molecular flexibility index (Phi) is 16.6. The fourth-order valence-corrected chi connectivity index (χ4v) is 5.77. The van der Waals surface area contributed by atoms with Crippen LogP contribution in [0.3, 0.4) is 0 Å². The number of halogens is 1. The molecule has 6 rings (SSSR count). The van der Waals surface area contributed by atoms with Crippen molar-refractivity contribution in [2.45, 2.75) is 40.9 Å². The van der Waals surface area contributed by atoms with Crippen LogP contribution in [-0.2, 0) is 27.5 Å². The molecule has 0 N–H and O–H groups in total. The predicted molar refractivity (Wildman–Crippen MR) is 214 cm³/mol. The van der Waals surface area contributed by atoms with E-state index in [4.69, 9.17) is 30.5 Å². The predicted octanol–water partition coefficient (Wildman–Crippen LogP) is 7.02. The van der Waals surface area contributed by atoms with E-state index in [1.807, 2.05) is 110 Å². The van der Waals surface area contributed by atoms with Crippen LogP contribution in [0.1, 0.15) is 59.7 Å². The zero-order chi connectivity index (χ0) is 39.2. The minimum Gasteiger partial charge on any atom is -1.00 e. The molecule has 0 saturated heterocycles. The summed E-state index contributed by atoms with van der Waals surface area (Å²) in [6, 6.07) is 41.7. The molecular formula is C45H44ClLiN2O7. The zero-order valence-corrected chi connectivity index (χ0v) is 33.0. The second-order valence-electron chi connectivity index (χ2n) is 12.3. The number of aromatic nitrogens is 2. The second-order valence-corrected chi connectivity index (χ2v) is 12.7. The number of carbonyl (C=O) groups is 3. The van der Waals surface area contributed by atoms with Gasteiger partial charge in [0.2, 0.25) is 0 Å². The van der Waals surface area contributed by atoms with Gasteiger partial charge in [-0.1, -0.05) is 84.4 Å². The summed E-state index contributed by atoms with van der Waals surface area (Å²) in [5.74, 6) is -0.579. The Balaban J connectivity index is 0.000000311. The zero-order valence-electron chi connectivity index (χ0n) is 33.2. The van der Waals surface area contributed by atoms with Gasteiger partial charge in [-0.25, -0.2) is 9.48 Å². The van der Waals surface area contributed by atoms with Crippen LogP contribution < -0.4 is 28.3 Å². The molecule has 0 aliphatic rings. The van der Waals surface area contributed by atoms with Gasteiger partial charge in [0.25, 0.3) is 0 Å². The SMILES string of the molecule is CCOC(=O)C(C)C(=O)c1ccc(OCc2ccccc2)cc1.CCOC(=O)c1nn(-c2ccccc2Cl)c(-c2ccc(OCc3ccccc3)cc2)c1C.[H-].[Li+]. The van der Waals surface area contributed by atoms with Gasteiger partial charge in [-0.05, 0) is 99.5 Å². The van der Waals surface area contributed by atoms with Gasteiger partial charge < -0.3 is 20.4 Å². The molecule has 9 nitrogen and oxygen atoms in total. The molecule has 11 heteroatoms. The monoisotopic (exact) mass is 766 g/mol. The van der Waals surface area contributed by atoms with Gasteiger partial charge in [-0.15, -0.1) is 0 Å². The van der Waals surface area contributed by atoms with Gasteiger partial charge in [0.15, 0.2) is 11.5 Å². The van der Waals surface area contributed by atoms with E-state index in [-0.39, 0.29) is 45.0 Å². The Morgan fingerprint density at radius 1 is 0.696 bits per heavy atom. The quantitative estimate of drug-likeness (QED) is 0.0505. The molecule has 1 unspecified atom stereocenters. The van der Waals surface area contributed by atoms with Crippen LogP contribution in [0, 0.1) is 12.8 Å². The molecular weight excluding hydrogens is 723 g/mol. The van der Waals surface area contributed by atoms with Crippen molar-refractivity contribution in [2.24, 2.45) is 5.92 Å². The Hall–Kier alpha value is -5.59. The van der Waals surface area contributed by atoms with E-state index in [9.17, 15) is 14.4 Å². The standard InChI is InChI=1S/C26H23ClN2O3.C19H20O4.Li.H/c1-3-31-26(30)24-18(2)25(29(28-24)23-12-8-7-11-22(23)27)20-13-15-21(16-14-20)32-17-19-9-5-4-6-10-19;1-3-22-19(21)14(2)18(20)16-9-11-17(12-10-16)23-13-15-7-5-4-6-8-15;;/h4-16H,3,17H2,1-2H3;4-12,14H,3,13H2,1-2H3;;/q;;+1;-1. The molecule has 0 bridgehead atoms. The fourth-order valence-electron chi connectivity index (χ4n) is 5.56. The van der Waals surface area contributed by atoms with Crippen LogP contribution in [-0.4, -0.2) is 40.7 Å². The molecule has 5 aromatic carbocycles. The largest absolute Gasteiger partial charge is 1.00 e. The smallest absolute Gasteiger partial charge is 1.00 e. The van der Waals surface area contributed by atoms with E-state index < -0.39 is 17.9 Å². The number of carbonyl (C=O) groups excluding carboxylic acids is 3. The van der Waals surface area contributed by atoms with Crippen LogP contribution in [0.4, 0.5) is 0 Å². The van der Waals surface area contributed by atoms with Gasteiger partial charge in [-0.2, -0.15) is 5.10 Å².